The number of piperazine rings is 1. The van der Waals surface area contributed by atoms with Crippen LogP contribution in [0.5, 0.6) is 17.2 Å². The third kappa shape index (κ3) is 6.55. The van der Waals surface area contributed by atoms with E-state index in [0.29, 0.717) is 12.3 Å². The summed E-state index contributed by atoms with van der Waals surface area (Å²) in [5.41, 5.74) is 0.912. The lowest BCUT2D eigenvalue weighted by molar-refractivity contribution is 0.0430. The average Bonchev–Trinajstić information content (AvgIpc) is 3.20. The van der Waals surface area contributed by atoms with Gasteiger partial charge in [-0.25, -0.2) is 0 Å². The molecule has 2 aromatic carbocycles. The van der Waals surface area contributed by atoms with Crippen LogP contribution >= 0.6 is 0 Å². The number of benzene rings is 2. The van der Waals surface area contributed by atoms with Crippen LogP contribution < -0.4 is 9.47 Å². The highest BCUT2D eigenvalue weighted by Crippen LogP contribution is 2.23. The Kier molecular flexibility index (Phi) is 7.19. The largest absolute Gasteiger partial charge is 0.491 e. The maximum absolute atomic E-state index is 10.4. The fourth-order valence-corrected chi connectivity index (χ4v) is 3.61. The zero-order valence-corrected chi connectivity index (χ0v) is 17.8. The van der Waals surface area contributed by atoms with Crippen LogP contribution in [0.1, 0.15) is 11.5 Å². The molecule has 0 radical (unpaired) electrons. The van der Waals surface area contributed by atoms with Gasteiger partial charge in [-0.05, 0) is 43.3 Å². The molecule has 1 aromatic heterocycles. The summed E-state index contributed by atoms with van der Waals surface area (Å²) in [5.74, 6) is 3.16. The molecule has 1 unspecified atom stereocenters. The van der Waals surface area contributed by atoms with Gasteiger partial charge in [0.1, 0.15) is 30.0 Å². The van der Waals surface area contributed by atoms with Gasteiger partial charge in [0.15, 0.2) is 5.76 Å². The van der Waals surface area contributed by atoms with Gasteiger partial charge >= 0.3 is 0 Å². The average molecular weight is 424 g/mol. The Bertz CT molecular complexity index is 922. The van der Waals surface area contributed by atoms with Gasteiger partial charge in [0.05, 0.1) is 12.2 Å². The standard InChI is InChI=1S/C24H29N3O4/c1-19-15-24(31-25-19)17-27-13-11-26(12-14-27)16-20(28)18-29-21-7-9-23(10-8-21)30-22-5-3-2-4-6-22/h2-10,15,20,28H,11-14,16-18H2,1H3. The lowest BCUT2D eigenvalue weighted by Gasteiger charge is -2.35. The highest BCUT2D eigenvalue weighted by Gasteiger charge is 2.20. The molecule has 1 saturated heterocycles. The summed E-state index contributed by atoms with van der Waals surface area (Å²) >= 11 is 0. The molecule has 1 fully saturated rings. The van der Waals surface area contributed by atoms with Crippen LogP contribution in [0.25, 0.3) is 0 Å². The molecule has 3 aromatic rings. The number of hydrogen-bond donors (Lipinski definition) is 1. The van der Waals surface area contributed by atoms with E-state index in [1.165, 1.54) is 0 Å². The van der Waals surface area contributed by atoms with Crippen LogP contribution in [0.4, 0.5) is 0 Å². The van der Waals surface area contributed by atoms with Gasteiger partial charge in [0, 0.05) is 38.8 Å². The molecule has 0 bridgehead atoms. The van der Waals surface area contributed by atoms with Crippen LogP contribution in [0.15, 0.2) is 65.2 Å². The first-order chi connectivity index (χ1) is 15.1. The molecule has 0 saturated carbocycles. The normalized spacial score (nSPS) is 16.2. The Morgan fingerprint density at radius 3 is 2.26 bits per heavy atom. The van der Waals surface area contributed by atoms with Crippen molar-refractivity contribution in [1.29, 1.82) is 0 Å². The number of aromatic nitrogens is 1. The first kappa shape index (κ1) is 21.4. The predicted molar refractivity (Wildman–Crippen MR) is 117 cm³/mol. The lowest BCUT2D eigenvalue weighted by atomic mass is 10.2. The fourth-order valence-electron chi connectivity index (χ4n) is 3.61. The summed E-state index contributed by atoms with van der Waals surface area (Å²) in [6, 6.07) is 19.1. The Balaban J connectivity index is 1.15. The summed E-state index contributed by atoms with van der Waals surface area (Å²) in [4.78, 5) is 4.62. The number of ether oxygens (including phenoxy) is 2. The number of rotatable bonds is 9. The molecule has 0 amide bonds. The summed E-state index contributed by atoms with van der Waals surface area (Å²) in [7, 11) is 0. The van der Waals surface area contributed by atoms with Crippen LogP contribution in [0, 0.1) is 6.92 Å². The number of hydrogen-bond acceptors (Lipinski definition) is 7. The topological polar surface area (TPSA) is 71.2 Å². The molecule has 1 aliphatic rings. The van der Waals surface area contributed by atoms with Crippen LogP contribution in [-0.2, 0) is 6.54 Å². The summed E-state index contributed by atoms with van der Waals surface area (Å²) in [5, 5.41) is 14.3. The van der Waals surface area contributed by atoms with Gasteiger partial charge in [-0.2, -0.15) is 0 Å². The van der Waals surface area contributed by atoms with Crippen molar-refractivity contribution in [2.45, 2.75) is 19.6 Å². The first-order valence-electron chi connectivity index (χ1n) is 10.6. The van der Waals surface area contributed by atoms with Gasteiger partial charge < -0.3 is 19.1 Å². The lowest BCUT2D eigenvalue weighted by Crippen LogP contribution is -2.48. The van der Waals surface area contributed by atoms with E-state index in [9.17, 15) is 5.11 Å². The Hall–Kier alpha value is -2.87. The van der Waals surface area contributed by atoms with Gasteiger partial charge in [-0.3, -0.25) is 9.80 Å². The second kappa shape index (κ2) is 10.4. The first-order valence-corrected chi connectivity index (χ1v) is 10.6. The Morgan fingerprint density at radius 1 is 0.935 bits per heavy atom. The maximum Gasteiger partial charge on any atom is 0.150 e. The molecule has 7 heteroatoms. The fraction of sp³-hybridized carbons (Fsp3) is 0.375. The van der Waals surface area contributed by atoms with E-state index in [0.717, 1.165) is 55.7 Å². The summed E-state index contributed by atoms with van der Waals surface area (Å²) in [6.07, 6.45) is -0.538. The van der Waals surface area contributed by atoms with Crippen molar-refractivity contribution >= 4 is 0 Å². The highest BCUT2D eigenvalue weighted by molar-refractivity contribution is 5.35. The molecule has 31 heavy (non-hydrogen) atoms. The molecule has 4 rings (SSSR count). The minimum Gasteiger partial charge on any atom is -0.491 e. The van der Waals surface area contributed by atoms with Crippen molar-refractivity contribution in [2.24, 2.45) is 0 Å². The highest BCUT2D eigenvalue weighted by atomic mass is 16.5. The van der Waals surface area contributed by atoms with E-state index in [-0.39, 0.29) is 6.61 Å². The molecule has 0 aliphatic carbocycles. The van der Waals surface area contributed by atoms with Crippen LogP contribution in [0.2, 0.25) is 0 Å². The van der Waals surface area contributed by atoms with E-state index in [4.69, 9.17) is 14.0 Å². The monoisotopic (exact) mass is 423 g/mol. The van der Waals surface area contributed by atoms with Crippen molar-refractivity contribution in [2.75, 3.05) is 39.3 Å². The number of β-amino-alcohol motifs (C(OH)–C–C–N with tert-alkyl or cyclic N) is 1. The van der Waals surface area contributed by atoms with Gasteiger partial charge in [0.25, 0.3) is 0 Å². The summed E-state index contributed by atoms with van der Waals surface area (Å²) < 4.78 is 16.8. The van der Waals surface area contributed by atoms with E-state index in [1.54, 1.807) is 0 Å². The molecule has 0 spiro atoms. The minimum absolute atomic E-state index is 0.260. The van der Waals surface area contributed by atoms with Gasteiger partial charge in [0.2, 0.25) is 0 Å². The maximum atomic E-state index is 10.4. The molecule has 1 atom stereocenters. The van der Waals surface area contributed by atoms with Gasteiger partial charge in [-0.15, -0.1) is 0 Å². The van der Waals surface area contributed by atoms with E-state index in [2.05, 4.69) is 15.0 Å². The van der Waals surface area contributed by atoms with Crippen molar-refractivity contribution in [1.82, 2.24) is 15.0 Å². The van der Waals surface area contributed by atoms with Crippen molar-refractivity contribution in [3.63, 3.8) is 0 Å². The zero-order chi connectivity index (χ0) is 21.5. The number of aliphatic hydroxyl groups is 1. The van der Waals surface area contributed by atoms with E-state index < -0.39 is 6.10 Å². The zero-order valence-electron chi connectivity index (χ0n) is 17.8. The third-order valence-corrected chi connectivity index (χ3v) is 5.24. The predicted octanol–water partition coefficient (Wildman–Crippen LogP) is 3.33. The number of para-hydroxylation sites is 1. The number of aryl methyl sites for hydroxylation is 1. The second-order valence-electron chi connectivity index (χ2n) is 7.86. The molecule has 1 N–H and O–H groups in total. The molecule has 7 nitrogen and oxygen atoms in total. The molecule has 164 valence electrons. The van der Waals surface area contributed by atoms with E-state index in [1.807, 2.05) is 67.6 Å². The molecule has 1 aliphatic heterocycles. The number of aliphatic hydroxyl groups excluding tert-OH is 1. The second-order valence-corrected chi connectivity index (χ2v) is 7.86. The Morgan fingerprint density at radius 2 is 1.58 bits per heavy atom. The quantitative estimate of drug-likeness (QED) is 0.566. The third-order valence-electron chi connectivity index (χ3n) is 5.24. The van der Waals surface area contributed by atoms with Crippen LogP contribution in [0.3, 0.4) is 0 Å². The molecular formula is C24H29N3O4. The van der Waals surface area contributed by atoms with Crippen molar-refractivity contribution < 1.29 is 19.1 Å². The number of nitrogens with zero attached hydrogens (tertiary/aromatic N) is 3. The summed E-state index contributed by atoms with van der Waals surface area (Å²) in [6.45, 7) is 7.28. The van der Waals surface area contributed by atoms with Crippen molar-refractivity contribution in [3.8, 4) is 17.2 Å². The Labute approximate surface area is 182 Å². The minimum atomic E-state index is -0.538. The van der Waals surface area contributed by atoms with Crippen LogP contribution in [-0.4, -0.2) is 65.5 Å². The molecular weight excluding hydrogens is 394 g/mol. The van der Waals surface area contributed by atoms with E-state index >= 15 is 0 Å². The SMILES string of the molecule is Cc1cc(CN2CCN(CC(O)COc3ccc(Oc4ccccc4)cc3)CC2)on1. The molecule has 2 heterocycles. The van der Waals surface area contributed by atoms with Gasteiger partial charge in [-0.1, -0.05) is 23.4 Å². The smallest absolute Gasteiger partial charge is 0.150 e. The van der Waals surface area contributed by atoms with Crippen molar-refractivity contribution in [3.05, 3.63) is 72.1 Å².